The van der Waals surface area contributed by atoms with Gasteiger partial charge in [-0.15, -0.1) is 0 Å². The summed E-state index contributed by atoms with van der Waals surface area (Å²) in [6, 6.07) is 10.1. The van der Waals surface area contributed by atoms with Crippen molar-refractivity contribution < 1.29 is 9.18 Å². The maximum Gasteiger partial charge on any atom is 0.241 e. The second-order valence-electron chi connectivity index (χ2n) is 8.74. The van der Waals surface area contributed by atoms with Crippen LogP contribution in [0.25, 0.3) is 10.9 Å². The smallest absolute Gasteiger partial charge is 0.241 e. The van der Waals surface area contributed by atoms with Gasteiger partial charge in [0.1, 0.15) is 11.0 Å². The van der Waals surface area contributed by atoms with Gasteiger partial charge >= 0.3 is 0 Å². The third-order valence-corrected chi connectivity index (χ3v) is 7.10. The van der Waals surface area contributed by atoms with E-state index in [2.05, 4.69) is 20.2 Å². The number of halogens is 2. The molecule has 0 radical (unpaired) electrons. The molecule has 7 heteroatoms. The molecule has 1 saturated heterocycles. The summed E-state index contributed by atoms with van der Waals surface area (Å²) in [4.78, 5) is 23.4. The lowest BCUT2D eigenvalue weighted by molar-refractivity contribution is -0.120. The molecule has 1 aliphatic carbocycles. The number of likely N-dealkylation sites (tertiary alicyclic amines) is 1. The molecule has 2 aromatic heterocycles. The minimum Gasteiger partial charge on any atom is -0.323 e. The van der Waals surface area contributed by atoms with Crippen molar-refractivity contribution >= 4 is 34.1 Å². The Morgan fingerprint density at radius 2 is 1.94 bits per heavy atom. The lowest BCUT2D eigenvalue weighted by Crippen LogP contribution is -2.41. The lowest BCUT2D eigenvalue weighted by Gasteiger charge is -2.25. The van der Waals surface area contributed by atoms with E-state index in [9.17, 15) is 9.18 Å². The summed E-state index contributed by atoms with van der Waals surface area (Å²) >= 11 is 5.81. The maximum atomic E-state index is 13.8. The molecule has 5 nitrogen and oxygen atoms in total. The zero-order valence-electron chi connectivity index (χ0n) is 17.3. The second-order valence-corrected chi connectivity index (χ2v) is 9.13. The number of fused-ring (bicyclic) bond motifs is 2. The molecule has 1 aliphatic heterocycles. The van der Waals surface area contributed by atoms with Crippen molar-refractivity contribution in [1.29, 1.82) is 0 Å². The maximum absolute atomic E-state index is 13.8. The topological polar surface area (TPSA) is 58.1 Å². The van der Waals surface area contributed by atoms with E-state index in [4.69, 9.17) is 11.6 Å². The van der Waals surface area contributed by atoms with Gasteiger partial charge in [0.25, 0.3) is 0 Å². The molecule has 5 rings (SSSR count). The van der Waals surface area contributed by atoms with Crippen molar-refractivity contribution in [3.8, 4) is 0 Å². The van der Waals surface area contributed by atoms with E-state index in [1.807, 2.05) is 19.2 Å². The van der Waals surface area contributed by atoms with Crippen molar-refractivity contribution in [3.63, 3.8) is 0 Å². The van der Waals surface area contributed by atoms with Crippen molar-refractivity contribution in [3.05, 3.63) is 65.3 Å². The van der Waals surface area contributed by atoms with E-state index < -0.39 is 0 Å². The summed E-state index contributed by atoms with van der Waals surface area (Å²) < 4.78 is 13.8. The normalized spacial score (nSPS) is 24.3. The van der Waals surface area contributed by atoms with Crippen LogP contribution in [0.1, 0.15) is 31.2 Å². The minimum absolute atomic E-state index is 0.0313. The molecule has 0 bridgehead atoms. The molecule has 0 spiro atoms. The van der Waals surface area contributed by atoms with Crippen LogP contribution in [0.15, 0.2) is 48.8 Å². The van der Waals surface area contributed by atoms with E-state index in [-0.39, 0.29) is 17.8 Å². The molecule has 1 N–H and O–H groups in total. The van der Waals surface area contributed by atoms with Gasteiger partial charge in [0, 0.05) is 24.7 Å². The van der Waals surface area contributed by atoms with E-state index in [1.165, 1.54) is 11.6 Å². The zero-order chi connectivity index (χ0) is 21.5. The summed E-state index contributed by atoms with van der Waals surface area (Å²) in [6.07, 6.45) is 5.52. The predicted octanol–water partition coefficient (Wildman–Crippen LogP) is 4.87. The number of nitrogens with zero attached hydrogens (tertiary/aromatic N) is 3. The molecule has 160 valence electrons. The third-order valence-electron chi connectivity index (χ3n) is 6.88. The van der Waals surface area contributed by atoms with Crippen LogP contribution >= 0.6 is 11.6 Å². The average Bonchev–Trinajstić information content (AvgIpc) is 3.33. The fourth-order valence-electron chi connectivity index (χ4n) is 5.26. The highest BCUT2D eigenvalue weighted by atomic mass is 35.5. The number of hydrogen-bond donors (Lipinski definition) is 1. The van der Waals surface area contributed by atoms with Crippen molar-refractivity contribution in [1.82, 2.24) is 14.9 Å². The molecule has 3 aromatic rings. The van der Waals surface area contributed by atoms with Crippen molar-refractivity contribution in [2.75, 3.05) is 18.4 Å². The summed E-state index contributed by atoms with van der Waals surface area (Å²) in [6.45, 7) is 3.77. The van der Waals surface area contributed by atoms with Gasteiger partial charge in [0.2, 0.25) is 5.91 Å². The molecule has 1 unspecified atom stereocenters. The summed E-state index contributed by atoms with van der Waals surface area (Å²) in [5, 5.41) is 4.25. The molecule has 31 heavy (non-hydrogen) atoms. The van der Waals surface area contributed by atoms with E-state index in [0.29, 0.717) is 28.6 Å². The molecule has 1 amide bonds. The van der Waals surface area contributed by atoms with Gasteiger partial charge in [0.05, 0.1) is 23.4 Å². The first-order chi connectivity index (χ1) is 15.0. The van der Waals surface area contributed by atoms with E-state index >= 15 is 0 Å². The van der Waals surface area contributed by atoms with Crippen LogP contribution in [0.3, 0.4) is 0 Å². The van der Waals surface area contributed by atoms with Gasteiger partial charge < -0.3 is 5.32 Å². The monoisotopic (exact) mass is 438 g/mol. The highest BCUT2D eigenvalue weighted by Gasteiger charge is 2.43. The van der Waals surface area contributed by atoms with Crippen LogP contribution in [0.5, 0.6) is 0 Å². The van der Waals surface area contributed by atoms with E-state index in [0.717, 1.165) is 36.8 Å². The molecule has 3 heterocycles. The molecule has 4 atom stereocenters. The van der Waals surface area contributed by atoms with Gasteiger partial charge in [-0.05, 0) is 79.5 Å². The molecular formula is C24H24ClFN4O. The van der Waals surface area contributed by atoms with E-state index in [1.54, 1.807) is 30.5 Å². The number of anilines is 1. The molecule has 1 aromatic carbocycles. The largest absolute Gasteiger partial charge is 0.323 e. The van der Waals surface area contributed by atoms with Crippen LogP contribution in [0, 0.1) is 17.7 Å². The van der Waals surface area contributed by atoms with Crippen molar-refractivity contribution in [2.45, 2.75) is 31.7 Å². The fraction of sp³-hybridized carbons (Fsp3) is 0.375. The SMILES string of the molecule is CC(C(=O)Nc1ccc(Cl)nc1)N1C[C@H]2C[C@@H](c3ccnc4ccc(F)cc34)C[C@H]2C1. The Kier molecular flexibility index (Phi) is 5.36. The van der Waals surface area contributed by atoms with Gasteiger partial charge in [-0.25, -0.2) is 9.37 Å². The Bertz CT molecular complexity index is 1110. The number of amides is 1. The lowest BCUT2D eigenvalue weighted by atomic mass is 9.93. The summed E-state index contributed by atoms with van der Waals surface area (Å²) in [5.74, 6) is 1.26. The first kappa shape index (κ1) is 20.3. The average molecular weight is 439 g/mol. The first-order valence-electron chi connectivity index (χ1n) is 10.7. The van der Waals surface area contributed by atoms with Gasteiger partial charge in [-0.2, -0.15) is 0 Å². The van der Waals surface area contributed by atoms with Gasteiger partial charge in [-0.1, -0.05) is 11.6 Å². The summed E-state index contributed by atoms with van der Waals surface area (Å²) in [7, 11) is 0. The Morgan fingerprint density at radius 1 is 1.16 bits per heavy atom. The van der Waals surface area contributed by atoms with Crippen LogP contribution in [0.2, 0.25) is 5.15 Å². The Labute approximate surface area is 185 Å². The van der Waals surface area contributed by atoms with Crippen molar-refractivity contribution in [2.24, 2.45) is 11.8 Å². The predicted molar refractivity (Wildman–Crippen MR) is 120 cm³/mol. The number of carbonyl (C=O) groups is 1. The number of benzene rings is 1. The molecular weight excluding hydrogens is 415 g/mol. The zero-order valence-corrected chi connectivity index (χ0v) is 18.0. The standard InChI is InChI=1S/C24H24ClFN4O/c1-14(24(31)29-19-3-5-23(25)28-11-19)30-12-16-8-15(9-17(16)13-30)20-6-7-27-22-4-2-18(26)10-21(20)22/h2-7,10-11,14-17H,8-9,12-13H2,1H3,(H,29,31)/t14?,15-,16-,17+. The highest BCUT2D eigenvalue weighted by Crippen LogP contribution is 2.47. The number of pyridine rings is 2. The third kappa shape index (κ3) is 4.02. The molecule has 1 saturated carbocycles. The van der Waals surface area contributed by atoms with Crippen LogP contribution in [-0.2, 0) is 4.79 Å². The fourth-order valence-corrected chi connectivity index (χ4v) is 5.38. The number of carbonyl (C=O) groups excluding carboxylic acids is 1. The van der Waals surface area contributed by atoms with Gasteiger partial charge in [-0.3, -0.25) is 14.7 Å². The first-order valence-corrected chi connectivity index (χ1v) is 11.1. The van der Waals surface area contributed by atoms with Crippen LogP contribution in [-0.4, -0.2) is 39.9 Å². The molecule has 2 fully saturated rings. The number of nitrogens with one attached hydrogen (secondary N) is 1. The number of rotatable bonds is 4. The van der Waals surface area contributed by atoms with Crippen LogP contribution in [0.4, 0.5) is 10.1 Å². The number of aromatic nitrogens is 2. The Morgan fingerprint density at radius 3 is 2.65 bits per heavy atom. The highest BCUT2D eigenvalue weighted by molar-refractivity contribution is 6.29. The second kappa shape index (κ2) is 8.17. The summed E-state index contributed by atoms with van der Waals surface area (Å²) in [5.41, 5.74) is 2.70. The Balaban J connectivity index is 1.24. The Hall–Kier alpha value is -2.57. The quantitative estimate of drug-likeness (QED) is 0.590. The molecule has 2 aliphatic rings. The van der Waals surface area contributed by atoms with Crippen LogP contribution < -0.4 is 5.32 Å². The number of hydrogen-bond acceptors (Lipinski definition) is 4. The minimum atomic E-state index is -0.221. The van der Waals surface area contributed by atoms with Gasteiger partial charge in [0.15, 0.2) is 0 Å².